The first-order chi connectivity index (χ1) is 10.8. The van der Waals surface area contributed by atoms with E-state index in [1.54, 1.807) is 0 Å². The predicted octanol–water partition coefficient (Wildman–Crippen LogP) is 6.06. The van der Waals surface area contributed by atoms with E-state index in [0.717, 1.165) is 18.2 Å². The lowest BCUT2D eigenvalue weighted by Gasteiger charge is -2.27. The van der Waals surface area contributed by atoms with Gasteiger partial charge in [0.05, 0.1) is 0 Å². The molecule has 1 fully saturated rings. The molecule has 124 valence electrons. The molecule has 2 nitrogen and oxygen atoms in total. The van der Waals surface area contributed by atoms with Gasteiger partial charge in [0.1, 0.15) is 5.82 Å². The molecule has 0 radical (unpaired) electrons. The van der Waals surface area contributed by atoms with Gasteiger partial charge < -0.3 is 0 Å². The highest BCUT2D eigenvalue weighted by atomic mass is 14.9. The van der Waals surface area contributed by atoms with Crippen LogP contribution in [0.2, 0.25) is 0 Å². The molecule has 1 aliphatic rings. The summed E-state index contributed by atoms with van der Waals surface area (Å²) < 4.78 is 0. The molecule has 0 aromatic carbocycles. The van der Waals surface area contributed by atoms with E-state index in [-0.39, 0.29) is 0 Å². The second-order valence-electron chi connectivity index (χ2n) is 7.12. The van der Waals surface area contributed by atoms with Crippen molar-refractivity contribution < 1.29 is 0 Å². The smallest absolute Gasteiger partial charge is 0.131 e. The van der Waals surface area contributed by atoms with Crippen LogP contribution in [-0.4, -0.2) is 9.97 Å². The fourth-order valence-electron chi connectivity index (χ4n) is 3.75. The lowest BCUT2D eigenvalue weighted by molar-refractivity contribution is 0.302. The Bertz CT molecular complexity index is 391. The average molecular weight is 303 g/mol. The minimum absolute atomic E-state index is 0.617. The van der Waals surface area contributed by atoms with E-state index in [0.29, 0.717) is 5.92 Å². The van der Waals surface area contributed by atoms with Crippen LogP contribution in [0.1, 0.15) is 102 Å². The minimum Gasteiger partial charge on any atom is -0.241 e. The highest BCUT2D eigenvalue weighted by molar-refractivity contribution is 5.08. The van der Waals surface area contributed by atoms with Gasteiger partial charge in [0, 0.05) is 18.3 Å². The molecule has 1 saturated carbocycles. The first kappa shape index (κ1) is 17.4. The summed E-state index contributed by atoms with van der Waals surface area (Å²) in [4.78, 5) is 9.35. The quantitative estimate of drug-likeness (QED) is 0.518. The Hall–Kier alpha value is -0.920. The van der Waals surface area contributed by atoms with Crippen molar-refractivity contribution in [3.8, 4) is 0 Å². The second-order valence-corrected chi connectivity index (χ2v) is 7.12. The lowest BCUT2D eigenvalue weighted by Crippen LogP contribution is -2.15. The van der Waals surface area contributed by atoms with Crippen molar-refractivity contribution in [2.45, 2.75) is 96.8 Å². The third-order valence-electron chi connectivity index (χ3n) is 5.20. The monoisotopic (exact) mass is 302 g/mol. The van der Waals surface area contributed by atoms with Crippen LogP contribution in [0.4, 0.5) is 0 Å². The largest absolute Gasteiger partial charge is 0.241 e. The molecule has 0 saturated heterocycles. The van der Waals surface area contributed by atoms with Crippen molar-refractivity contribution in [2.24, 2.45) is 5.92 Å². The van der Waals surface area contributed by atoms with E-state index in [4.69, 9.17) is 0 Å². The molecule has 22 heavy (non-hydrogen) atoms. The zero-order chi connectivity index (χ0) is 15.6. The summed E-state index contributed by atoms with van der Waals surface area (Å²) in [7, 11) is 0. The van der Waals surface area contributed by atoms with Crippen LogP contribution in [-0.2, 0) is 6.42 Å². The predicted molar refractivity (Wildman–Crippen MR) is 94.1 cm³/mol. The summed E-state index contributed by atoms with van der Waals surface area (Å²) in [5.74, 6) is 2.68. The molecule has 0 bridgehead atoms. The van der Waals surface area contributed by atoms with Crippen molar-refractivity contribution in [2.75, 3.05) is 0 Å². The highest BCUT2D eigenvalue weighted by Gasteiger charge is 2.23. The maximum absolute atomic E-state index is 4.68. The molecule has 1 aromatic heterocycles. The summed E-state index contributed by atoms with van der Waals surface area (Å²) in [6.07, 6.45) is 20.1. The molecule has 1 aliphatic carbocycles. The molecule has 0 atom stereocenters. The fraction of sp³-hybridized carbons (Fsp3) is 0.800. The summed E-state index contributed by atoms with van der Waals surface area (Å²) in [6.45, 7) is 4.57. The van der Waals surface area contributed by atoms with Gasteiger partial charge in [0.2, 0.25) is 0 Å². The van der Waals surface area contributed by atoms with E-state index in [9.17, 15) is 0 Å². The van der Waals surface area contributed by atoms with E-state index in [2.05, 4.69) is 36.2 Å². The van der Waals surface area contributed by atoms with Gasteiger partial charge in [-0.05, 0) is 50.0 Å². The molecular formula is C20H34N2. The Kier molecular flexibility index (Phi) is 7.90. The van der Waals surface area contributed by atoms with E-state index < -0.39 is 0 Å². The number of hydrogen-bond donors (Lipinski definition) is 0. The first-order valence-electron chi connectivity index (χ1n) is 9.64. The van der Waals surface area contributed by atoms with Crippen LogP contribution >= 0.6 is 0 Å². The van der Waals surface area contributed by atoms with Gasteiger partial charge in [0.25, 0.3) is 0 Å². The summed E-state index contributed by atoms with van der Waals surface area (Å²) in [6, 6.07) is 0. The van der Waals surface area contributed by atoms with Crippen molar-refractivity contribution in [1.29, 1.82) is 0 Å². The standard InChI is InChI=1S/C20H34N2/c1-3-5-6-7-8-10-18-15-21-20(22-16-18)19-13-11-17(9-4-2)12-14-19/h15-17,19H,3-14H2,1-2H3. The average Bonchev–Trinajstić information content (AvgIpc) is 2.56. The minimum atomic E-state index is 0.617. The zero-order valence-corrected chi connectivity index (χ0v) is 14.7. The Morgan fingerprint density at radius 2 is 1.55 bits per heavy atom. The van der Waals surface area contributed by atoms with Gasteiger partial charge >= 0.3 is 0 Å². The van der Waals surface area contributed by atoms with E-state index in [1.165, 1.54) is 76.2 Å². The molecular weight excluding hydrogens is 268 g/mol. The number of unbranched alkanes of at least 4 members (excludes halogenated alkanes) is 4. The van der Waals surface area contributed by atoms with Crippen molar-refractivity contribution in [1.82, 2.24) is 9.97 Å². The van der Waals surface area contributed by atoms with Gasteiger partial charge in [-0.2, -0.15) is 0 Å². The molecule has 1 aromatic rings. The van der Waals surface area contributed by atoms with Crippen LogP contribution in [0.5, 0.6) is 0 Å². The van der Waals surface area contributed by atoms with Gasteiger partial charge in [-0.25, -0.2) is 9.97 Å². The zero-order valence-electron chi connectivity index (χ0n) is 14.7. The van der Waals surface area contributed by atoms with Crippen LogP contribution in [0, 0.1) is 5.92 Å². The molecule has 2 heteroatoms. The number of aryl methyl sites for hydroxylation is 1. The molecule has 0 spiro atoms. The number of hydrogen-bond acceptors (Lipinski definition) is 2. The summed E-state index contributed by atoms with van der Waals surface area (Å²) >= 11 is 0. The van der Waals surface area contributed by atoms with Gasteiger partial charge in [-0.3, -0.25) is 0 Å². The van der Waals surface area contributed by atoms with E-state index >= 15 is 0 Å². The molecule has 0 amide bonds. The third-order valence-corrected chi connectivity index (χ3v) is 5.20. The second kappa shape index (κ2) is 9.97. The maximum atomic E-state index is 4.68. The van der Waals surface area contributed by atoms with Crippen LogP contribution in [0.25, 0.3) is 0 Å². The molecule has 1 heterocycles. The summed E-state index contributed by atoms with van der Waals surface area (Å²) in [5.41, 5.74) is 1.32. The highest BCUT2D eigenvalue weighted by Crippen LogP contribution is 2.35. The van der Waals surface area contributed by atoms with Gasteiger partial charge in [-0.15, -0.1) is 0 Å². The topological polar surface area (TPSA) is 25.8 Å². The molecule has 0 N–H and O–H groups in total. The van der Waals surface area contributed by atoms with Crippen LogP contribution < -0.4 is 0 Å². The Labute approximate surface area is 137 Å². The molecule has 2 rings (SSSR count). The van der Waals surface area contributed by atoms with E-state index in [1.807, 2.05) is 0 Å². The normalized spacial score (nSPS) is 21.9. The Balaban J connectivity index is 1.72. The van der Waals surface area contributed by atoms with Gasteiger partial charge in [0.15, 0.2) is 0 Å². The number of rotatable bonds is 9. The molecule has 0 unspecified atom stereocenters. The van der Waals surface area contributed by atoms with Crippen molar-refractivity contribution in [3.63, 3.8) is 0 Å². The molecule has 0 aliphatic heterocycles. The van der Waals surface area contributed by atoms with Crippen molar-refractivity contribution in [3.05, 3.63) is 23.8 Å². The lowest BCUT2D eigenvalue weighted by atomic mass is 9.80. The Morgan fingerprint density at radius 3 is 2.18 bits per heavy atom. The SMILES string of the molecule is CCCCCCCc1cnc(C2CCC(CCC)CC2)nc1. The van der Waals surface area contributed by atoms with Gasteiger partial charge in [-0.1, -0.05) is 52.4 Å². The maximum Gasteiger partial charge on any atom is 0.131 e. The number of aromatic nitrogens is 2. The summed E-state index contributed by atoms with van der Waals surface area (Å²) in [5, 5.41) is 0. The van der Waals surface area contributed by atoms with Crippen LogP contribution in [0.3, 0.4) is 0 Å². The number of nitrogens with zero attached hydrogens (tertiary/aromatic N) is 2. The fourth-order valence-corrected chi connectivity index (χ4v) is 3.75. The third kappa shape index (κ3) is 5.70. The van der Waals surface area contributed by atoms with Crippen LogP contribution in [0.15, 0.2) is 12.4 Å². The Morgan fingerprint density at radius 1 is 0.864 bits per heavy atom. The van der Waals surface area contributed by atoms with Crippen molar-refractivity contribution >= 4 is 0 Å². The first-order valence-corrected chi connectivity index (χ1v) is 9.64.